The summed E-state index contributed by atoms with van der Waals surface area (Å²) in [6.07, 6.45) is 2.75. The number of hydrogen-bond donors (Lipinski definition) is 2. The van der Waals surface area contributed by atoms with Gasteiger partial charge in [0.05, 0.1) is 6.61 Å². The van der Waals surface area contributed by atoms with Crippen LogP contribution in [-0.2, 0) is 4.74 Å². The molecular formula is C22H28N4O3. The van der Waals surface area contributed by atoms with Gasteiger partial charge < -0.3 is 20.3 Å². The van der Waals surface area contributed by atoms with Gasteiger partial charge in [-0.15, -0.1) is 0 Å². The zero-order valence-electron chi connectivity index (χ0n) is 16.9. The van der Waals surface area contributed by atoms with Gasteiger partial charge in [0, 0.05) is 37.1 Å². The number of aromatic nitrogens is 1. The van der Waals surface area contributed by atoms with E-state index in [0.29, 0.717) is 38.2 Å². The summed E-state index contributed by atoms with van der Waals surface area (Å²) in [7, 11) is 0. The maximum Gasteiger partial charge on any atom is 0.409 e. The summed E-state index contributed by atoms with van der Waals surface area (Å²) in [6.45, 7) is 5.39. The Hall–Kier alpha value is -3.09. The van der Waals surface area contributed by atoms with Crippen LogP contribution in [0.3, 0.4) is 0 Å². The van der Waals surface area contributed by atoms with Gasteiger partial charge in [-0.25, -0.2) is 4.79 Å². The van der Waals surface area contributed by atoms with E-state index >= 15 is 0 Å². The van der Waals surface area contributed by atoms with Crippen molar-refractivity contribution in [1.29, 1.82) is 0 Å². The summed E-state index contributed by atoms with van der Waals surface area (Å²) in [4.78, 5) is 30.3. The van der Waals surface area contributed by atoms with Crippen molar-refractivity contribution in [2.45, 2.75) is 38.8 Å². The minimum Gasteiger partial charge on any atom is -0.450 e. The number of carbonyl (C=O) groups is 2. The Balaban J connectivity index is 1.54. The van der Waals surface area contributed by atoms with Crippen molar-refractivity contribution in [1.82, 2.24) is 15.2 Å². The second-order valence-electron chi connectivity index (χ2n) is 7.14. The number of piperidine rings is 1. The molecule has 2 aromatic rings. The molecular weight excluding hydrogens is 368 g/mol. The summed E-state index contributed by atoms with van der Waals surface area (Å²) in [5.41, 5.74) is 2.39. The van der Waals surface area contributed by atoms with Gasteiger partial charge in [0.25, 0.3) is 5.91 Å². The lowest BCUT2D eigenvalue weighted by atomic mass is 10.1. The highest BCUT2D eigenvalue weighted by Gasteiger charge is 2.25. The lowest BCUT2D eigenvalue weighted by Gasteiger charge is -2.31. The van der Waals surface area contributed by atoms with Crippen LogP contribution in [0.5, 0.6) is 0 Å². The smallest absolute Gasteiger partial charge is 0.409 e. The first kappa shape index (κ1) is 20.6. The molecule has 1 aromatic carbocycles. The largest absolute Gasteiger partial charge is 0.450 e. The number of hydrogen-bond acceptors (Lipinski definition) is 5. The number of benzene rings is 1. The van der Waals surface area contributed by atoms with Gasteiger partial charge in [0.1, 0.15) is 5.69 Å². The molecule has 1 unspecified atom stereocenters. The molecule has 0 radical (unpaired) electrons. The van der Waals surface area contributed by atoms with Crippen LogP contribution >= 0.6 is 0 Å². The van der Waals surface area contributed by atoms with Crippen LogP contribution in [0.2, 0.25) is 0 Å². The Bertz CT molecular complexity index is 820. The van der Waals surface area contributed by atoms with Crippen molar-refractivity contribution in [3.63, 3.8) is 0 Å². The zero-order valence-corrected chi connectivity index (χ0v) is 16.9. The first-order valence-electron chi connectivity index (χ1n) is 10.1. The van der Waals surface area contributed by atoms with Crippen molar-refractivity contribution in [3.05, 3.63) is 59.9 Å². The van der Waals surface area contributed by atoms with Gasteiger partial charge in [0.15, 0.2) is 0 Å². The van der Waals surface area contributed by atoms with Crippen LogP contribution in [0.4, 0.5) is 10.5 Å². The van der Waals surface area contributed by atoms with Crippen molar-refractivity contribution < 1.29 is 14.3 Å². The molecule has 2 heterocycles. The van der Waals surface area contributed by atoms with Gasteiger partial charge in [0.2, 0.25) is 0 Å². The molecule has 1 aromatic heterocycles. The van der Waals surface area contributed by atoms with Crippen LogP contribution < -0.4 is 10.6 Å². The van der Waals surface area contributed by atoms with E-state index in [1.54, 1.807) is 24.1 Å². The Morgan fingerprint density at radius 2 is 1.93 bits per heavy atom. The molecule has 2 amide bonds. The van der Waals surface area contributed by atoms with Crippen LogP contribution in [0.25, 0.3) is 0 Å². The standard InChI is InChI=1S/C22H28N4O3/c1-3-29-22(28)26-13-10-18(11-14-26)25-21(27)20-15-19(9-12-23-20)24-16(2)17-7-5-4-6-8-17/h4-9,12,15-16,18H,3,10-11,13-14H2,1-2H3,(H,23,24)(H,25,27). The molecule has 154 valence electrons. The van der Waals surface area contributed by atoms with Crippen LogP contribution in [0.15, 0.2) is 48.7 Å². The summed E-state index contributed by atoms with van der Waals surface area (Å²) in [5, 5.41) is 6.44. The highest BCUT2D eigenvalue weighted by molar-refractivity contribution is 5.93. The number of rotatable bonds is 6. The fourth-order valence-electron chi connectivity index (χ4n) is 3.40. The molecule has 1 fully saturated rings. The van der Waals surface area contributed by atoms with Crippen LogP contribution in [-0.4, -0.2) is 47.6 Å². The summed E-state index contributed by atoms with van der Waals surface area (Å²) < 4.78 is 5.03. The quantitative estimate of drug-likeness (QED) is 0.779. The van der Waals surface area contributed by atoms with E-state index < -0.39 is 0 Å². The third-order valence-electron chi connectivity index (χ3n) is 5.03. The summed E-state index contributed by atoms with van der Waals surface area (Å²) >= 11 is 0. The van der Waals surface area contributed by atoms with Crippen LogP contribution in [0, 0.1) is 0 Å². The van der Waals surface area contributed by atoms with Crippen molar-refractivity contribution >= 4 is 17.7 Å². The number of carbonyl (C=O) groups excluding carboxylic acids is 2. The molecule has 0 saturated carbocycles. The van der Waals surface area contributed by atoms with Crippen molar-refractivity contribution in [2.24, 2.45) is 0 Å². The molecule has 1 saturated heterocycles. The van der Waals surface area contributed by atoms with E-state index in [0.717, 1.165) is 5.69 Å². The molecule has 2 N–H and O–H groups in total. The second kappa shape index (κ2) is 9.91. The molecule has 29 heavy (non-hydrogen) atoms. The predicted octanol–water partition coefficient (Wildman–Crippen LogP) is 3.61. The lowest BCUT2D eigenvalue weighted by Crippen LogP contribution is -2.46. The molecule has 0 bridgehead atoms. The van der Waals surface area contributed by atoms with Gasteiger partial charge in [-0.05, 0) is 44.4 Å². The minimum absolute atomic E-state index is 0.0230. The molecule has 1 aliphatic heterocycles. The van der Waals surface area contributed by atoms with E-state index in [1.807, 2.05) is 24.3 Å². The van der Waals surface area contributed by atoms with Crippen LogP contribution in [0.1, 0.15) is 48.8 Å². The first-order valence-corrected chi connectivity index (χ1v) is 10.1. The molecule has 0 spiro atoms. The zero-order chi connectivity index (χ0) is 20.6. The molecule has 7 nitrogen and oxygen atoms in total. The number of amides is 2. The maximum atomic E-state index is 12.6. The Morgan fingerprint density at radius 3 is 2.62 bits per heavy atom. The summed E-state index contributed by atoms with van der Waals surface area (Å²) in [5.74, 6) is -0.199. The van der Waals surface area contributed by atoms with Crippen molar-refractivity contribution in [3.8, 4) is 0 Å². The maximum absolute atomic E-state index is 12.6. The Morgan fingerprint density at radius 1 is 1.21 bits per heavy atom. The van der Waals surface area contributed by atoms with E-state index in [9.17, 15) is 9.59 Å². The highest BCUT2D eigenvalue weighted by Crippen LogP contribution is 2.19. The molecule has 0 aliphatic carbocycles. The van der Waals surface area contributed by atoms with E-state index in [1.165, 1.54) is 5.56 Å². The fraction of sp³-hybridized carbons (Fsp3) is 0.409. The highest BCUT2D eigenvalue weighted by atomic mass is 16.6. The van der Waals surface area contributed by atoms with Gasteiger partial charge in [-0.3, -0.25) is 9.78 Å². The summed E-state index contributed by atoms with van der Waals surface area (Å²) in [6, 6.07) is 13.9. The third kappa shape index (κ3) is 5.70. The molecule has 1 atom stereocenters. The lowest BCUT2D eigenvalue weighted by molar-refractivity contribution is 0.0856. The number of nitrogens with zero attached hydrogens (tertiary/aromatic N) is 2. The monoisotopic (exact) mass is 396 g/mol. The van der Waals surface area contributed by atoms with E-state index in [4.69, 9.17) is 4.74 Å². The number of nitrogens with one attached hydrogen (secondary N) is 2. The van der Waals surface area contributed by atoms with Crippen molar-refractivity contribution in [2.75, 3.05) is 25.0 Å². The third-order valence-corrected chi connectivity index (χ3v) is 5.03. The number of pyridine rings is 1. The number of likely N-dealkylation sites (tertiary alicyclic amines) is 1. The van der Waals surface area contributed by atoms with E-state index in [2.05, 4.69) is 34.7 Å². The number of ether oxygens (including phenoxy) is 1. The fourth-order valence-corrected chi connectivity index (χ4v) is 3.40. The molecule has 1 aliphatic rings. The molecule has 7 heteroatoms. The van der Waals surface area contributed by atoms with Gasteiger partial charge in [-0.1, -0.05) is 30.3 Å². The van der Waals surface area contributed by atoms with Gasteiger partial charge in [-0.2, -0.15) is 0 Å². The topological polar surface area (TPSA) is 83.6 Å². The SMILES string of the molecule is CCOC(=O)N1CCC(NC(=O)c2cc(NC(C)c3ccccc3)ccn2)CC1. The molecule has 3 rings (SSSR count). The Labute approximate surface area is 171 Å². The normalized spacial score (nSPS) is 15.4. The first-order chi connectivity index (χ1) is 14.1. The Kier molecular flexibility index (Phi) is 7.05. The second-order valence-corrected chi connectivity index (χ2v) is 7.14. The average Bonchev–Trinajstić information content (AvgIpc) is 2.75. The van der Waals surface area contributed by atoms with E-state index in [-0.39, 0.29) is 24.1 Å². The average molecular weight is 396 g/mol. The minimum atomic E-state index is -0.287. The number of anilines is 1. The van der Waals surface area contributed by atoms with Gasteiger partial charge >= 0.3 is 6.09 Å². The predicted molar refractivity (Wildman–Crippen MR) is 112 cm³/mol.